The summed E-state index contributed by atoms with van der Waals surface area (Å²) < 4.78 is 0. The number of aliphatic imine (C=N–C) groups is 1. The lowest BCUT2D eigenvalue weighted by atomic mass is 10.1. The SMILES string of the molecule is CCCCCC(C)NC(=NC)NCc1ccccn1.I. The molecule has 0 radical (unpaired) electrons. The van der Waals surface area contributed by atoms with Crippen LogP contribution in [0.15, 0.2) is 29.4 Å². The molecule has 0 amide bonds. The topological polar surface area (TPSA) is 49.3 Å². The highest BCUT2D eigenvalue weighted by Gasteiger charge is 2.04. The Kier molecular flexibility index (Phi) is 11.4. The molecule has 0 spiro atoms. The van der Waals surface area contributed by atoms with Crippen molar-refractivity contribution in [3.05, 3.63) is 30.1 Å². The monoisotopic (exact) mass is 390 g/mol. The maximum Gasteiger partial charge on any atom is 0.191 e. The second-order valence-corrected chi connectivity index (χ2v) is 4.79. The molecule has 5 heteroatoms. The highest BCUT2D eigenvalue weighted by molar-refractivity contribution is 14.0. The third kappa shape index (κ3) is 8.35. The number of hydrogen-bond donors (Lipinski definition) is 2. The van der Waals surface area contributed by atoms with Gasteiger partial charge in [0.25, 0.3) is 0 Å². The van der Waals surface area contributed by atoms with Gasteiger partial charge in [-0.05, 0) is 25.5 Å². The van der Waals surface area contributed by atoms with E-state index in [2.05, 4.69) is 34.5 Å². The molecule has 0 aliphatic carbocycles. The van der Waals surface area contributed by atoms with Gasteiger partial charge >= 0.3 is 0 Å². The number of halogens is 1. The molecule has 114 valence electrons. The van der Waals surface area contributed by atoms with Crippen LogP contribution in [-0.2, 0) is 6.54 Å². The summed E-state index contributed by atoms with van der Waals surface area (Å²) in [6, 6.07) is 6.37. The number of pyridine rings is 1. The molecule has 0 fully saturated rings. The van der Waals surface area contributed by atoms with Crippen LogP contribution in [-0.4, -0.2) is 24.0 Å². The Labute approximate surface area is 139 Å². The van der Waals surface area contributed by atoms with Crippen LogP contribution in [0.3, 0.4) is 0 Å². The number of nitrogens with one attached hydrogen (secondary N) is 2. The molecule has 4 nitrogen and oxygen atoms in total. The fourth-order valence-electron chi connectivity index (χ4n) is 1.88. The summed E-state index contributed by atoms with van der Waals surface area (Å²) in [6.45, 7) is 5.12. The van der Waals surface area contributed by atoms with Gasteiger partial charge in [-0.3, -0.25) is 9.98 Å². The molecule has 0 bridgehead atoms. The Balaban J connectivity index is 0.00000361. The van der Waals surface area contributed by atoms with Crippen molar-refractivity contribution in [2.24, 2.45) is 4.99 Å². The van der Waals surface area contributed by atoms with Gasteiger partial charge in [0.2, 0.25) is 0 Å². The Hall–Kier alpha value is -0.850. The first-order chi connectivity index (χ1) is 9.26. The summed E-state index contributed by atoms with van der Waals surface area (Å²) in [4.78, 5) is 8.52. The molecule has 1 aromatic heterocycles. The highest BCUT2D eigenvalue weighted by Crippen LogP contribution is 2.02. The first-order valence-electron chi connectivity index (χ1n) is 7.13. The number of aromatic nitrogens is 1. The van der Waals surface area contributed by atoms with Crippen LogP contribution in [0.4, 0.5) is 0 Å². The summed E-state index contributed by atoms with van der Waals surface area (Å²) >= 11 is 0. The quantitative estimate of drug-likeness (QED) is 0.325. The zero-order valence-corrected chi connectivity index (χ0v) is 15.1. The highest BCUT2D eigenvalue weighted by atomic mass is 127. The second kappa shape index (κ2) is 11.9. The molecule has 1 rings (SSSR count). The lowest BCUT2D eigenvalue weighted by Crippen LogP contribution is -2.41. The number of rotatable bonds is 7. The lowest BCUT2D eigenvalue weighted by molar-refractivity contribution is 0.546. The third-order valence-electron chi connectivity index (χ3n) is 3.01. The van der Waals surface area contributed by atoms with Crippen molar-refractivity contribution in [1.29, 1.82) is 0 Å². The predicted molar refractivity (Wildman–Crippen MR) is 96.6 cm³/mol. The molecular weight excluding hydrogens is 363 g/mol. The zero-order valence-electron chi connectivity index (χ0n) is 12.7. The van der Waals surface area contributed by atoms with Gasteiger partial charge in [0.05, 0.1) is 12.2 Å². The van der Waals surface area contributed by atoms with Gasteiger partial charge in [-0.2, -0.15) is 0 Å². The molecule has 0 aliphatic heterocycles. The van der Waals surface area contributed by atoms with Gasteiger partial charge in [0, 0.05) is 19.3 Å². The van der Waals surface area contributed by atoms with Gasteiger partial charge in [0.1, 0.15) is 0 Å². The van der Waals surface area contributed by atoms with Gasteiger partial charge < -0.3 is 10.6 Å². The maximum atomic E-state index is 4.28. The van der Waals surface area contributed by atoms with E-state index in [-0.39, 0.29) is 24.0 Å². The van der Waals surface area contributed by atoms with Gasteiger partial charge in [-0.1, -0.05) is 32.3 Å². The number of unbranched alkanes of at least 4 members (excludes halogenated alkanes) is 2. The fourth-order valence-corrected chi connectivity index (χ4v) is 1.88. The average Bonchev–Trinajstić information content (AvgIpc) is 2.45. The van der Waals surface area contributed by atoms with Crippen LogP contribution < -0.4 is 10.6 Å². The van der Waals surface area contributed by atoms with Crippen molar-refractivity contribution in [2.75, 3.05) is 7.05 Å². The van der Waals surface area contributed by atoms with Crippen molar-refractivity contribution in [1.82, 2.24) is 15.6 Å². The molecule has 1 unspecified atom stereocenters. The Bertz CT molecular complexity index is 367. The fraction of sp³-hybridized carbons (Fsp3) is 0.600. The standard InChI is InChI=1S/C15H26N4.HI/c1-4-5-6-9-13(2)19-15(16-3)18-12-14-10-7-8-11-17-14;/h7-8,10-11,13H,4-6,9,12H2,1-3H3,(H2,16,18,19);1H. The van der Waals surface area contributed by atoms with E-state index in [1.807, 2.05) is 18.2 Å². The minimum Gasteiger partial charge on any atom is -0.354 e. The van der Waals surface area contributed by atoms with E-state index in [0.717, 1.165) is 11.7 Å². The largest absolute Gasteiger partial charge is 0.354 e. The second-order valence-electron chi connectivity index (χ2n) is 4.79. The first kappa shape index (κ1) is 19.1. The summed E-state index contributed by atoms with van der Waals surface area (Å²) in [5.41, 5.74) is 1.02. The van der Waals surface area contributed by atoms with E-state index in [4.69, 9.17) is 0 Å². The van der Waals surface area contributed by atoms with Crippen LogP contribution in [0.1, 0.15) is 45.2 Å². The molecule has 0 aromatic carbocycles. The molecule has 1 heterocycles. The van der Waals surface area contributed by atoms with Crippen LogP contribution in [0.5, 0.6) is 0 Å². The van der Waals surface area contributed by atoms with Crippen molar-refractivity contribution >= 4 is 29.9 Å². The lowest BCUT2D eigenvalue weighted by Gasteiger charge is -2.17. The summed E-state index contributed by atoms with van der Waals surface area (Å²) in [7, 11) is 1.80. The molecule has 0 saturated carbocycles. The number of guanidine groups is 1. The van der Waals surface area contributed by atoms with Crippen LogP contribution in [0.2, 0.25) is 0 Å². The average molecular weight is 390 g/mol. The van der Waals surface area contributed by atoms with Gasteiger partial charge in [-0.25, -0.2) is 0 Å². The van der Waals surface area contributed by atoms with Crippen molar-refractivity contribution in [3.63, 3.8) is 0 Å². The molecule has 2 N–H and O–H groups in total. The number of nitrogens with zero attached hydrogens (tertiary/aromatic N) is 2. The Morgan fingerprint density at radius 3 is 2.75 bits per heavy atom. The molecule has 1 atom stereocenters. The van der Waals surface area contributed by atoms with Crippen molar-refractivity contribution in [2.45, 2.75) is 52.1 Å². The van der Waals surface area contributed by atoms with E-state index >= 15 is 0 Å². The summed E-state index contributed by atoms with van der Waals surface area (Å²) in [5.74, 6) is 0.842. The predicted octanol–water partition coefficient (Wildman–Crippen LogP) is 3.33. The molecule has 0 aliphatic rings. The summed E-state index contributed by atoms with van der Waals surface area (Å²) in [5, 5.41) is 6.69. The normalized spacial score (nSPS) is 12.4. The van der Waals surface area contributed by atoms with Crippen molar-refractivity contribution in [3.8, 4) is 0 Å². The van der Waals surface area contributed by atoms with E-state index in [9.17, 15) is 0 Å². The molecule has 20 heavy (non-hydrogen) atoms. The minimum absolute atomic E-state index is 0. The molecular formula is C15H27IN4. The smallest absolute Gasteiger partial charge is 0.191 e. The summed E-state index contributed by atoms with van der Waals surface area (Å²) in [6.07, 6.45) is 6.81. The van der Waals surface area contributed by atoms with Gasteiger partial charge in [0.15, 0.2) is 5.96 Å². The van der Waals surface area contributed by atoms with Crippen LogP contribution >= 0.6 is 24.0 Å². The van der Waals surface area contributed by atoms with Crippen molar-refractivity contribution < 1.29 is 0 Å². The van der Waals surface area contributed by atoms with E-state index < -0.39 is 0 Å². The van der Waals surface area contributed by atoms with E-state index in [1.165, 1.54) is 25.7 Å². The Morgan fingerprint density at radius 2 is 2.15 bits per heavy atom. The molecule has 0 saturated heterocycles. The number of hydrogen-bond acceptors (Lipinski definition) is 2. The van der Waals surface area contributed by atoms with Crippen LogP contribution in [0.25, 0.3) is 0 Å². The third-order valence-corrected chi connectivity index (χ3v) is 3.01. The Morgan fingerprint density at radius 1 is 1.35 bits per heavy atom. The van der Waals surface area contributed by atoms with E-state index in [0.29, 0.717) is 12.6 Å². The maximum absolute atomic E-state index is 4.28. The minimum atomic E-state index is 0. The first-order valence-corrected chi connectivity index (χ1v) is 7.13. The zero-order chi connectivity index (χ0) is 13.9. The van der Waals surface area contributed by atoms with Crippen LogP contribution in [0, 0.1) is 0 Å². The van der Waals surface area contributed by atoms with Gasteiger partial charge in [-0.15, -0.1) is 24.0 Å². The van der Waals surface area contributed by atoms with E-state index in [1.54, 1.807) is 13.2 Å². The molecule has 1 aromatic rings.